The number of benzene rings is 1. The SMILES string of the molecule is N#Cc1ccc(Br)cc1S(=O)[O-].[Na+]. The van der Waals surface area contributed by atoms with Crippen molar-refractivity contribution in [3.8, 4) is 6.07 Å². The van der Waals surface area contributed by atoms with Crippen LogP contribution < -0.4 is 29.6 Å². The van der Waals surface area contributed by atoms with Gasteiger partial charge in [-0.1, -0.05) is 15.9 Å². The average Bonchev–Trinajstić information content (AvgIpc) is 2.04. The van der Waals surface area contributed by atoms with E-state index < -0.39 is 11.1 Å². The van der Waals surface area contributed by atoms with Crippen LogP contribution in [-0.2, 0) is 11.1 Å². The fourth-order valence-electron chi connectivity index (χ4n) is 0.726. The van der Waals surface area contributed by atoms with Gasteiger partial charge in [-0.3, -0.25) is 4.21 Å². The van der Waals surface area contributed by atoms with E-state index in [-0.39, 0.29) is 40.0 Å². The van der Waals surface area contributed by atoms with Crippen LogP contribution in [0, 0.1) is 11.3 Å². The standard InChI is InChI=1S/C7H4BrNO2S.Na/c8-6-2-1-5(4-9)7(3-6)12(10)11;/h1-3H,(H,10,11);/q;+1/p-1. The summed E-state index contributed by atoms with van der Waals surface area (Å²) in [5.74, 6) is 0. The summed E-state index contributed by atoms with van der Waals surface area (Å²) >= 11 is 0.758. The first-order chi connectivity index (χ1) is 5.65. The maximum atomic E-state index is 10.6. The van der Waals surface area contributed by atoms with Crippen molar-refractivity contribution in [2.24, 2.45) is 0 Å². The Labute approximate surface area is 109 Å². The van der Waals surface area contributed by atoms with Gasteiger partial charge >= 0.3 is 29.6 Å². The van der Waals surface area contributed by atoms with Crippen LogP contribution in [0.25, 0.3) is 0 Å². The van der Waals surface area contributed by atoms with Gasteiger partial charge in [0.1, 0.15) is 6.07 Å². The van der Waals surface area contributed by atoms with E-state index in [9.17, 15) is 8.76 Å². The summed E-state index contributed by atoms with van der Waals surface area (Å²) in [6.45, 7) is 0. The van der Waals surface area contributed by atoms with Crippen LogP contribution in [0.1, 0.15) is 5.56 Å². The van der Waals surface area contributed by atoms with Gasteiger partial charge in [-0.2, -0.15) is 5.26 Å². The smallest absolute Gasteiger partial charge is 0.768 e. The molecule has 0 heterocycles. The van der Waals surface area contributed by atoms with Crippen molar-refractivity contribution >= 4 is 27.0 Å². The molecule has 13 heavy (non-hydrogen) atoms. The van der Waals surface area contributed by atoms with Gasteiger partial charge in [0, 0.05) is 9.37 Å². The molecule has 6 heteroatoms. The topological polar surface area (TPSA) is 63.9 Å². The molecular weight excluding hydrogens is 265 g/mol. The van der Waals surface area contributed by atoms with Crippen molar-refractivity contribution in [3.05, 3.63) is 28.2 Å². The molecule has 3 nitrogen and oxygen atoms in total. The molecule has 1 atom stereocenters. The number of halogens is 1. The van der Waals surface area contributed by atoms with Gasteiger partial charge in [0.15, 0.2) is 0 Å². The Morgan fingerprint density at radius 2 is 2.15 bits per heavy atom. The monoisotopic (exact) mass is 267 g/mol. The van der Waals surface area contributed by atoms with E-state index in [1.54, 1.807) is 12.1 Å². The molecule has 0 N–H and O–H groups in total. The predicted molar refractivity (Wildman–Crippen MR) is 46.0 cm³/mol. The van der Waals surface area contributed by atoms with Gasteiger partial charge < -0.3 is 4.55 Å². The Morgan fingerprint density at radius 1 is 1.54 bits per heavy atom. The van der Waals surface area contributed by atoms with Crippen LogP contribution in [0.3, 0.4) is 0 Å². The largest absolute Gasteiger partial charge is 1.00 e. The number of nitriles is 1. The summed E-state index contributed by atoms with van der Waals surface area (Å²) in [5.41, 5.74) is 0.159. The van der Waals surface area contributed by atoms with Crippen LogP contribution in [0.4, 0.5) is 0 Å². The van der Waals surface area contributed by atoms with E-state index in [1.165, 1.54) is 12.1 Å². The van der Waals surface area contributed by atoms with Gasteiger partial charge in [0.05, 0.1) is 5.56 Å². The van der Waals surface area contributed by atoms with Gasteiger partial charge in [-0.25, -0.2) is 0 Å². The van der Waals surface area contributed by atoms with Crippen LogP contribution in [-0.4, -0.2) is 8.76 Å². The molecule has 0 aromatic heterocycles. The minimum Gasteiger partial charge on any atom is -0.768 e. The molecule has 0 amide bonds. The van der Waals surface area contributed by atoms with Crippen molar-refractivity contribution in [1.29, 1.82) is 5.26 Å². The molecule has 0 spiro atoms. The molecular formula is C7H3BrNNaO2S. The molecule has 62 valence electrons. The quantitative estimate of drug-likeness (QED) is 0.463. The first-order valence-electron chi connectivity index (χ1n) is 2.94. The Morgan fingerprint density at radius 3 is 2.62 bits per heavy atom. The molecule has 1 unspecified atom stereocenters. The Bertz CT molecular complexity index is 377. The summed E-state index contributed by atoms with van der Waals surface area (Å²) in [7, 11) is 0. The molecule has 0 aliphatic heterocycles. The molecule has 0 fully saturated rings. The molecule has 1 aromatic carbocycles. The van der Waals surface area contributed by atoms with Crippen LogP contribution >= 0.6 is 15.9 Å². The van der Waals surface area contributed by atoms with Crippen molar-refractivity contribution < 1.29 is 38.3 Å². The minimum absolute atomic E-state index is 0. The van der Waals surface area contributed by atoms with Gasteiger partial charge in [0.25, 0.3) is 0 Å². The molecule has 0 radical (unpaired) electrons. The van der Waals surface area contributed by atoms with Crippen molar-refractivity contribution in [1.82, 2.24) is 0 Å². The third kappa shape index (κ3) is 3.50. The fourth-order valence-corrected chi connectivity index (χ4v) is 1.76. The maximum Gasteiger partial charge on any atom is 1.00 e. The van der Waals surface area contributed by atoms with E-state index in [2.05, 4.69) is 15.9 Å². The van der Waals surface area contributed by atoms with E-state index in [0.29, 0.717) is 4.47 Å². The van der Waals surface area contributed by atoms with Crippen LogP contribution in [0.15, 0.2) is 27.6 Å². The molecule has 0 saturated heterocycles. The molecule has 0 aliphatic carbocycles. The zero-order chi connectivity index (χ0) is 9.14. The second-order valence-electron chi connectivity index (χ2n) is 1.99. The van der Waals surface area contributed by atoms with Crippen LogP contribution in [0.5, 0.6) is 0 Å². The second kappa shape index (κ2) is 5.91. The van der Waals surface area contributed by atoms with E-state index in [1.807, 2.05) is 0 Å². The number of hydrogen-bond acceptors (Lipinski definition) is 3. The molecule has 0 aliphatic rings. The third-order valence-corrected chi connectivity index (χ3v) is 2.43. The minimum atomic E-state index is -2.35. The van der Waals surface area contributed by atoms with Crippen molar-refractivity contribution in [3.63, 3.8) is 0 Å². The van der Waals surface area contributed by atoms with Gasteiger partial charge in [0.2, 0.25) is 0 Å². The normalized spacial score (nSPS) is 11.2. The maximum absolute atomic E-state index is 10.6. The first kappa shape index (κ1) is 13.3. The summed E-state index contributed by atoms with van der Waals surface area (Å²) < 4.78 is 21.8. The predicted octanol–water partition coefficient (Wildman–Crippen LogP) is -1.44. The van der Waals surface area contributed by atoms with E-state index in [0.717, 1.165) is 0 Å². The van der Waals surface area contributed by atoms with Gasteiger partial charge in [-0.05, 0) is 29.3 Å². The number of hydrogen-bond donors (Lipinski definition) is 0. The van der Waals surface area contributed by atoms with Crippen molar-refractivity contribution in [2.45, 2.75) is 4.90 Å². The molecule has 1 rings (SSSR count). The first-order valence-corrected chi connectivity index (χ1v) is 4.81. The number of nitrogens with zero attached hydrogens (tertiary/aromatic N) is 1. The molecule has 0 bridgehead atoms. The van der Waals surface area contributed by atoms with Crippen LogP contribution in [0.2, 0.25) is 0 Å². The number of rotatable bonds is 1. The summed E-state index contributed by atoms with van der Waals surface area (Å²) in [4.78, 5) is 0.0203. The Kier molecular flexibility index (Phi) is 6.05. The fraction of sp³-hybridized carbons (Fsp3) is 0. The Balaban J connectivity index is 0.00000144. The Hall–Kier alpha value is 0.300. The third-order valence-electron chi connectivity index (χ3n) is 1.24. The van der Waals surface area contributed by atoms with Crippen molar-refractivity contribution in [2.75, 3.05) is 0 Å². The molecule has 1 aromatic rings. The average molecular weight is 268 g/mol. The van der Waals surface area contributed by atoms with Gasteiger partial charge in [-0.15, -0.1) is 0 Å². The van der Waals surface area contributed by atoms with E-state index in [4.69, 9.17) is 5.26 Å². The summed E-state index contributed by atoms with van der Waals surface area (Å²) in [5, 5.41) is 8.52. The second-order valence-corrected chi connectivity index (χ2v) is 3.81. The zero-order valence-electron chi connectivity index (χ0n) is 6.78. The molecule has 0 saturated carbocycles. The zero-order valence-corrected chi connectivity index (χ0v) is 11.2. The van der Waals surface area contributed by atoms with E-state index >= 15 is 0 Å². The summed E-state index contributed by atoms with van der Waals surface area (Å²) in [6, 6.07) is 6.25. The summed E-state index contributed by atoms with van der Waals surface area (Å²) in [6.07, 6.45) is 0.